The fourth-order valence-corrected chi connectivity index (χ4v) is 3.45. The third-order valence-corrected chi connectivity index (χ3v) is 4.84. The molecule has 1 fully saturated rings. The van der Waals surface area contributed by atoms with E-state index in [2.05, 4.69) is 15.1 Å². The highest BCUT2D eigenvalue weighted by Gasteiger charge is 2.30. The van der Waals surface area contributed by atoms with Gasteiger partial charge in [0.15, 0.2) is 5.65 Å². The van der Waals surface area contributed by atoms with Crippen LogP contribution in [0, 0.1) is 0 Å². The van der Waals surface area contributed by atoms with Crippen molar-refractivity contribution in [3.63, 3.8) is 0 Å². The van der Waals surface area contributed by atoms with Crippen molar-refractivity contribution in [2.75, 3.05) is 27.2 Å². The molecule has 1 atom stereocenters. The van der Waals surface area contributed by atoms with Crippen molar-refractivity contribution in [2.45, 2.75) is 12.3 Å². The number of likely N-dealkylation sites (tertiary alicyclic amines) is 1. The van der Waals surface area contributed by atoms with Crippen molar-refractivity contribution in [3.8, 4) is 0 Å². The van der Waals surface area contributed by atoms with Gasteiger partial charge in [-0.1, -0.05) is 6.07 Å². The number of fused-ring (bicyclic) bond motifs is 1. The third kappa shape index (κ3) is 3.03. The second-order valence-corrected chi connectivity index (χ2v) is 6.81. The molecule has 0 aromatic carbocycles. The average molecular weight is 364 g/mol. The summed E-state index contributed by atoms with van der Waals surface area (Å²) in [7, 11) is 3.40. The maximum Gasteiger partial charge on any atom is 0.272 e. The van der Waals surface area contributed by atoms with Crippen LogP contribution in [0.1, 0.15) is 38.9 Å². The van der Waals surface area contributed by atoms with Gasteiger partial charge in [0.25, 0.3) is 11.8 Å². The molecule has 8 heteroatoms. The smallest absolute Gasteiger partial charge is 0.272 e. The molecular weight excluding hydrogens is 344 g/mol. The van der Waals surface area contributed by atoms with Gasteiger partial charge in [0.1, 0.15) is 11.3 Å². The summed E-state index contributed by atoms with van der Waals surface area (Å²) < 4.78 is 1.72. The predicted molar refractivity (Wildman–Crippen MR) is 98.5 cm³/mol. The van der Waals surface area contributed by atoms with Gasteiger partial charge in [-0.3, -0.25) is 14.6 Å². The molecule has 0 N–H and O–H groups in total. The summed E-state index contributed by atoms with van der Waals surface area (Å²) in [6, 6.07) is 7.24. The topological polar surface area (TPSA) is 83.7 Å². The Morgan fingerprint density at radius 3 is 2.74 bits per heavy atom. The van der Waals surface area contributed by atoms with Crippen LogP contribution in [-0.2, 0) is 0 Å². The van der Waals surface area contributed by atoms with Gasteiger partial charge in [0.05, 0.1) is 11.9 Å². The number of nitrogens with zero attached hydrogens (tertiary/aromatic N) is 6. The summed E-state index contributed by atoms with van der Waals surface area (Å²) in [5, 5.41) is 4.39. The molecule has 0 spiro atoms. The standard InChI is InChI=1S/C19H20N6O2/c1-23(2)18(26)14-11-22-25-16(6-9-21-17(14)25)13-7-10-24(12-13)19(27)15-5-3-4-8-20-15/h3-6,8-9,11,13H,7,10,12H2,1-2H3. The van der Waals surface area contributed by atoms with E-state index in [0.29, 0.717) is 30.0 Å². The molecule has 0 aliphatic carbocycles. The highest BCUT2D eigenvalue weighted by Crippen LogP contribution is 2.28. The van der Waals surface area contributed by atoms with E-state index >= 15 is 0 Å². The molecule has 1 aliphatic rings. The lowest BCUT2D eigenvalue weighted by Gasteiger charge is -2.16. The van der Waals surface area contributed by atoms with Crippen molar-refractivity contribution in [1.82, 2.24) is 29.4 Å². The molecule has 27 heavy (non-hydrogen) atoms. The lowest BCUT2D eigenvalue weighted by atomic mass is 10.0. The molecule has 1 unspecified atom stereocenters. The van der Waals surface area contributed by atoms with Crippen LogP contribution in [0.25, 0.3) is 5.65 Å². The normalized spacial score (nSPS) is 16.7. The van der Waals surface area contributed by atoms with E-state index in [4.69, 9.17) is 0 Å². The maximum absolute atomic E-state index is 12.6. The van der Waals surface area contributed by atoms with Crippen molar-refractivity contribution in [1.29, 1.82) is 0 Å². The molecule has 0 bridgehead atoms. The van der Waals surface area contributed by atoms with Crippen molar-refractivity contribution < 1.29 is 9.59 Å². The van der Waals surface area contributed by atoms with E-state index < -0.39 is 0 Å². The summed E-state index contributed by atoms with van der Waals surface area (Å²) in [6.07, 6.45) is 5.71. The van der Waals surface area contributed by atoms with E-state index in [1.165, 1.54) is 4.90 Å². The van der Waals surface area contributed by atoms with Gasteiger partial charge < -0.3 is 9.80 Å². The highest BCUT2D eigenvalue weighted by atomic mass is 16.2. The molecule has 2 amide bonds. The fraction of sp³-hybridized carbons (Fsp3) is 0.316. The minimum Gasteiger partial charge on any atom is -0.345 e. The number of rotatable bonds is 3. The number of carbonyl (C=O) groups excluding carboxylic acids is 2. The van der Waals surface area contributed by atoms with Gasteiger partial charge in [0, 0.05) is 45.5 Å². The summed E-state index contributed by atoms with van der Waals surface area (Å²) in [6.45, 7) is 1.25. The highest BCUT2D eigenvalue weighted by molar-refractivity contribution is 5.99. The Morgan fingerprint density at radius 2 is 2.00 bits per heavy atom. The first kappa shape index (κ1) is 17.1. The molecule has 4 heterocycles. The van der Waals surface area contributed by atoms with Gasteiger partial charge in [-0.05, 0) is 24.6 Å². The Bertz CT molecular complexity index is 998. The van der Waals surface area contributed by atoms with Crippen LogP contribution in [0.3, 0.4) is 0 Å². The molecule has 0 saturated carbocycles. The fourth-order valence-electron chi connectivity index (χ4n) is 3.45. The molecule has 4 rings (SSSR count). The summed E-state index contributed by atoms with van der Waals surface area (Å²) >= 11 is 0. The molecule has 3 aromatic rings. The molecule has 8 nitrogen and oxygen atoms in total. The number of carbonyl (C=O) groups is 2. The molecule has 0 radical (unpaired) electrons. The van der Waals surface area contributed by atoms with E-state index in [0.717, 1.165) is 12.1 Å². The molecule has 1 saturated heterocycles. The quantitative estimate of drug-likeness (QED) is 0.702. The van der Waals surface area contributed by atoms with Gasteiger partial charge in [-0.2, -0.15) is 5.10 Å². The number of amides is 2. The van der Waals surface area contributed by atoms with Crippen LogP contribution < -0.4 is 0 Å². The molecule has 3 aromatic heterocycles. The lowest BCUT2D eigenvalue weighted by molar-refractivity contribution is 0.0783. The summed E-state index contributed by atoms with van der Waals surface area (Å²) in [5.74, 6) is -0.0641. The Balaban J connectivity index is 1.61. The van der Waals surface area contributed by atoms with Crippen molar-refractivity contribution in [2.24, 2.45) is 0 Å². The number of pyridine rings is 1. The maximum atomic E-state index is 12.6. The zero-order valence-electron chi connectivity index (χ0n) is 15.2. The number of aromatic nitrogens is 4. The van der Waals surface area contributed by atoms with E-state index in [1.54, 1.807) is 49.3 Å². The van der Waals surface area contributed by atoms with Crippen molar-refractivity contribution in [3.05, 3.63) is 59.8 Å². The Labute approximate surface area is 156 Å². The first-order valence-electron chi connectivity index (χ1n) is 8.81. The SMILES string of the molecule is CN(C)C(=O)c1cnn2c(C3CCN(C(=O)c4ccccn4)C3)ccnc12. The Morgan fingerprint density at radius 1 is 1.15 bits per heavy atom. The zero-order valence-corrected chi connectivity index (χ0v) is 15.2. The Hall–Kier alpha value is -3.29. The number of hydrogen-bond donors (Lipinski definition) is 0. The largest absolute Gasteiger partial charge is 0.345 e. The lowest BCUT2D eigenvalue weighted by Crippen LogP contribution is -2.29. The first-order valence-corrected chi connectivity index (χ1v) is 8.81. The number of hydrogen-bond acceptors (Lipinski definition) is 5. The third-order valence-electron chi connectivity index (χ3n) is 4.84. The van der Waals surface area contributed by atoms with E-state index in [9.17, 15) is 9.59 Å². The second kappa shape index (κ2) is 6.79. The second-order valence-electron chi connectivity index (χ2n) is 6.81. The molecule has 138 valence electrons. The first-order chi connectivity index (χ1) is 13.1. The minimum absolute atomic E-state index is 0.0626. The molecule has 1 aliphatic heterocycles. The Kier molecular flexibility index (Phi) is 4.31. The van der Waals surface area contributed by atoms with Crippen molar-refractivity contribution >= 4 is 17.5 Å². The summed E-state index contributed by atoms with van der Waals surface area (Å²) in [4.78, 5) is 36.8. The van der Waals surface area contributed by atoms with E-state index in [-0.39, 0.29) is 17.7 Å². The van der Waals surface area contributed by atoms with E-state index in [1.807, 2.05) is 17.0 Å². The molecular formula is C19H20N6O2. The van der Waals surface area contributed by atoms with Crippen LogP contribution in [0.5, 0.6) is 0 Å². The minimum atomic E-state index is -0.131. The average Bonchev–Trinajstić information content (AvgIpc) is 3.34. The van der Waals surface area contributed by atoms with Crippen LogP contribution in [0.2, 0.25) is 0 Å². The van der Waals surface area contributed by atoms with Crippen LogP contribution in [0.4, 0.5) is 0 Å². The van der Waals surface area contributed by atoms with Crippen LogP contribution in [-0.4, -0.2) is 68.4 Å². The predicted octanol–water partition coefficient (Wildman–Crippen LogP) is 1.46. The monoisotopic (exact) mass is 364 g/mol. The zero-order chi connectivity index (χ0) is 19.0. The van der Waals surface area contributed by atoms with Crippen LogP contribution >= 0.6 is 0 Å². The van der Waals surface area contributed by atoms with Gasteiger partial charge in [-0.15, -0.1) is 0 Å². The van der Waals surface area contributed by atoms with Gasteiger partial charge in [0.2, 0.25) is 0 Å². The van der Waals surface area contributed by atoms with Crippen LogP contribution in [0.15, 0.2) is 42.9 Å². The van der Waals surface area contributed by atoms with Gasteiger partial charge in [-0.25, -0.2) is 9.50 Å². The van der Waals surface area contributed by atoms with Gasteiger partial charge >= 0.3 is 0 Å². The summed E-state index contributed by atoms with van der Waals surface area (Å²) in [5.41, 5.74) is 2.42.